The highest BCUT2D eigenvalue weighted by atomic mass is 31.2. The van der Waals surface area contributed by atoms with E-state index in [1.54, 1.807) is 43.9 Å². The molecule has 0 aromatic rings. The van der Waals surface area contributed by atoms with Gasteiger partial charge in [-0.1, -0.05) is 43.5 Å². The van der Waals surface area contributed by atoms with Crippen LogP contribution in [0.1, 0.15) is 79.1 Å². The maximum atomic E-state index is 2.47. The average molecular weight is 300 g/mol. The third kappa shape index (κ3) is 2.92. The molecule has 0 radical (unpaired) electrons. The van der Waals surface area contributed by atoms with E-state index in [4.69, 9.17) is 0 Å². The zero-order valence-electron chi connectivity index (χ0n) is 13.7. The van der Waals surface area contributed by atoms with Gasteiger partial charge in [0.15, 0.2) is 0 Å². The van der Waals surface area contributed by atoms with Gasteiger partial charge in [0.25, 0.3) is 0 Å². The van der Waals surface area contributed by atoms with Crippen LogP contribution in [0.2, 0.25) is 0 Å². The van der Waals surface area contributed by atoms with E-state index >= 15 is 0 Å². The molecule has 2 unspecified atom stereocenters. The Balaban J connectivity index is 2.08. The van der Waals surface area contributed by atoms with Gasteiger partial charge in [0.2, 0.25) is 0 Å². The SMILES string of the molecule is CCC1(CC)CCCP1CP1CCCC1(CC)CC. The van der Waals surface area contributed by atoms with E-state index in [0.717, 1.165) is 10.3 Å². The number of rotatable bonds is 6. The fraction of sp³-hybridized carbons (Fsp3) is 1.00. The summed E-state index contributed by atoms with van der Waals surface area (Å²) in [7, 11) is 0.710. The smallest absolute Gasteiger partial charge is 0.00963 e. The molecule has 0 bridgehead atoms. The molecule has 2 aliphatic heterocycles. The van der Waals surface area contributed by atoms with Gasteiger partial charge >= 0.3 is 0 Å². The van der Waals surface area contributed by atoms with Crippen molar-refractivity contribution in [3.05, 3.63) is 0 Å². The van der Waals surface area contributed by atoms with Crippen LogP contribution in [-0.4, -0.2) is 28.5 Å². The Labute approximate surface area is 124 Å². The van der Waals surface area contributed by atoms with Crippen LogP contribution >= 0.6 is 15.8 Å². The molecule has 0 nitrogen and oxygen atoms in total. The minimum absolute atomic E-state index is 0.355. The second kappa shape index (κ2) is 6.75. The first kappa shape index (κ1) is 16.2. The lowest BCUT2D eigenvalue weighted by Crippen LogP contribution is -2.25. The molecule has 2 rings (SSSR count). The Bertz CT molecular complexity index is 251. The number of hydrogen-bond acceptors (Lipinski definition) is 0. The van der Waals surface area contributed by atoms with Gasteiger partial charge in [-0.15, -0.1) is 0 Å². The summed E-state index contributed by atoms with van der Waals surface area (Å²) in [6.45, 7) is 9.88. The van der Waals surface area contributed by atoms with Gasteiger partial charge in [0.1, 0.15) is 0 Å². The summed E-state index contributed by atoms with van der Waals surface area (Å²) in [6.07, 6.45) is 15.3. The monoisotopic (exact) mass is 300 g/mol. The van der Waals surface area contributed by atoms with E-state index in [0.29, 0.717) is 15.8 Å². The van der Waals surface area contributed by atoms with Crippen molar-refractivity contribution in [3.63, 3.8) is 0 Å². The van der Waals surface area contributed by atoms with Crippen LogP contribution < -0.4 is 0 Å². The molecule has 2 aliphatic rings. The lowest BCUT2D eigenvalue weighted by atomic mass is 9.97. The van der Waals surface area contributed by atoms with Crippen LogP contribution in [0, 0.1) is 0 Å². The molecule has 2 heterocycles. The Morgan fingerprint density at radius 3 is 1.37 bits per heavy atom. The van der Waals surface area contributed by atoms with E-state index in [-0.39, 0.29) is 0 Å². The number of hydrogen-bond donors (Lipinski definition) is 0. The Morgan fingerprint density at radius 2 is 1.05 bits per heavy atom. The van der Waals surface area contributed by atoms with Gasteiger partial charge < -0.3 is 0 Å². The summed E-state index contributed by atoms with van der Waals surface area (Å²) in [5, 5.41) is 1.60. The molecular weight excluding hydrogens is 266 g/mol. The standard InChI is InChI=1S/C17H34P2/c1-5-16(6-2)11-9-13-18(16)15-19-14-10-12-17(19,7-3)8-4/h5-15H2,1-4H3. The molecule has 19 heavy (non-hydrogen) atoms. The Morgan fingerprint density at radius 1 is 0.684 bits per heavy atom. The molecule has 2 heteroatoms. The van der Waals surface area contributed by atoms with Crippen molar-refractivity contribution >= 4 is 15.8 Å². The van der Waals surface area contributed by atoms with Gasteiger partial charge in [-0.3, -0.25) is 0 Å². The van der Waals surface area contributed by atoms with Crippen LogP contribution in [0.25, 0.3) is 0 Å². The summed E-state index contributed by atoms with van der Waals surface area (Å²) < 4.78 is 0. The van der Waals surface area contributed by atoms with Gasteiger partial charge in [0.05, 0.1) is 0 Å². The van der Waals surface area contributed by atoms with Crippen LogP contribution in [-0.2, 0) is 0 Å². The van der Waals surface area contributed by atoms with Crippen LogP contribution in [0.3, 0.4) is 0 Å². The van der Waals surface area contributed by atoms with Crippen molar-refractivity contribution in [2.24, 2.45) is 0 Å². The molecule has 0 N–H and O–H groups in total. The zero-order valence-corrected chi connectivity index (χ0v) is 15.5. The summed E-state index contributed by atoms with van der Waals surface area (Å²) >= 11 is 0. The van der Waals surface area contributed by atoms with E-state index in [1.165, 1.54) is 25.7 Å². The van der Waals surface area contributed by atoms with Crippen LogP contribution in [0.5, 0.6) is 0 Å². The fourth-order valence-electron chi connectivity index (χ4n) is 4.74. The molecule has 0 aromatic carbocycles. The maximum Gasteiger partial charge on any atom is -0.00963 e. The summed E-state index contributed by atoms with van der Waals surface area (Å²) in [5.74, 6) is 1.69. The lowest BCUT2D eigenvalue weighted by Gasteiger charge is -2.41. The van der Waals surface area contributed by atoms with Crippen molar-refractivity contribution < 1.29 is 0 Å². The van der Waals surface area contributed by atoms with Gasteiger partial charge in [-0.25, -0.2) is 0 Å². The van der Waals surface area contributed by atoms with Crippen molar-refractivity contribution in [2.45, 2.75) is 89.4 Å². The molecule has 0 spiro atoms. The molecule has 0 aliphatic carbocycles. The predicted molar refractivity (Wildman–Crippen MR) is 93.5 cm³/mol. The van der Waals surface area contributed by atoms with Crippen molar-refractivity contribution in [2.75, 3.05) is 18.2 Å². The lowest BCUT2D eigenvalue weighted by molar-refractivity contribution is 0.515. The minimum Gasteiger partial charge on any atom is -0.0959 e. The third-order valence-corrected chi connectivity index (χ3v) is 15.3. The highest BCUT2D eigenvalue weighted by Gasteiger charge is 2.45. The Kier molecular flexibility index (Phi) is 5.77. The molecule has 112 valence electrons. The van der Waals surface area contributed by atoms with E-state index in [9.17, 15) is 0 Å². The van der Waals surface area contributed by atoms with Crippen LogP contribution in [0.15, 0.2) is 0 Å². The summed E-state index contributed by atoms with van der Waals surface area (Å²) in [4.78, 5) is 0. The van der Waals surface area contributed by atoms with Gasteiger partial charge in [-0.2, -0.15) is 0 Å². The second-order valence-corrected chi connectivity index (χ2v) is 12.8. The van der Waals surface area contributed by atoms with Gasteiger partial charge in [0, 0.05) is 0 Å². The second-order valence-electron chi connectivity index (χ2n) is 6.74. The molecule has 0 aromatic heterocycles. The third-order valence-electron chi connectivity index (χ3n) is 6.46. The molecular formula is C17H34P2. The van der Waals surface area contributed by atoms with Crippen molar-refractivity contribution in [3.8, 4) is 0 Å². The predicted octanol–water partition coefficient (Wildman–Crippen LogP) is 6.61. The summed E-state index contributed by atoms with van der Waals surface area (Å²) in [6, 6.07) is 0. The van der Waals surface area contributed by atoms with Crippen LogP contribution in [0.4, 0.5) is 0 Å². The average Bonchev–Trinajstić information content (AvgIpc) is 3.04. The molecule has 2 saturated heterocycles. The zero-order chi connectivity index (χ0) is 13.9. The van der Waals surface area contributed by atoms with Crippen molar-refractivity contribution in [1.82, 2.24) is 0 Å². The quantitative estimate of drug-likeness (QED) is 0.484. The highest BCUT2D eigenvalue weighted by Crippen LogP contribution is 2.72. The molecule has 0 amide bonds. The molecule has 2 atom stereocenters. The highest BCUT2D eigenvalue weighted by molar-refractivity contribution is 7.76. The van der Waals surface area contributed by atoms with E-state index in [1.807, 2.05) is 0 Å². The minimum atomic E-state index is 0.355. The first-order valence-corrected chi connectivity index (χ1v) is 12.1. The normalized spacial score (nSPS) is 32.8. The first-order chi connectivity index (χ1) is 9.16. The van der Waals surface area contributed by atoms with E-state index < -0.39 is 0 Å². The fourth-order valence-corrected chi connectivity index (χ4v) is 14.7. The molecule has 0 saturated carbocycles. The largest absolute Gasteiger partial charge is 0.0959 e. The van der Waals surface area contributed by atoms with E-state index in [2.05, 4.69) is 27.7 Å². The Hall–Kier alpha value is 0.860. The van der Waals surface area contributed by atoms with Crippen molar-refractivity contribution in [1.29, 1.82) is 0 Å². The summed E-state index contributed by atoms with van der Waals surface area (Å²) in [5.41, 5.74) is 0. The first-order valence-electron chi connectivity index (χ1n) is 8.66. The maximum absolute atomic E-state index is 2.47. The molecule has 2 fully saturated rings. The topological polar surface area (TPSA) is 0 Å². The van der Waals surface area contributed by atoms with Gasteiger partial charge in [-0.05, 0) is 79.9 Å².